The summed E-state index contributed by atoms with van der Waals surface area (Å²) in [6.45, 7) is 5.32. The van der Waals surface area contributed by atoms with E-state index in [2.05, 4.69) is 60.9 Å². The van der Waals surface area contributed by atoms with E-state index < -0.39 is 0 Å². The number of aromatic nitrogens is 2. The highest BCUT2D eigenvalue weighted by molar-refractivity contribution is 7.10. The van der Waals surface area contributed by atoms with Gasteiger partial charge in [-0.3, -0.25) is 4.68 Å². The monoisotopic (exact) mass is 292 g/mol. The molecule has 0 amide bonds. The topological polar surface area (TPSA) is 33.1 Å². The number of thiophene rings is 1. The van der Waals surface area contributed by atoms with Gasteiger partial charge in [0.2, 0.25) is 0 Å². The van der Waals surface area contributed by atoms with E-state index in [1.807, 2.05) is 29.3 Å². The number of rotatable bonds is 6. The molecule has 4 nitrogen and oxygen atoms in total. The van der Waals surface area contributed by atoms with Gasteiger partial charge in [0, 0.05) is 42.3 Å². The summed E-state index contributed by atoms with van der Waals surface area (Å²) in [5.41, 5.74) is 2.62. The molecule has 2 atom stereocenters. The molecular formula is C15H24N4S. The number of aryl methyl sites for hydroxylation is 2. The fourth-order valence-corrected chi connectivity index (χ4v) is 3.38. The summed E-state index contributed by atoms with van der Waals surface area (Å²) >= 11 is 1.83. The van der Waals surface area contributed by atoms with Crippen LogP contribution < -0.4 is 5.32 Å². The quantitative estimate of drug-likeness (QED) is 0.889. The van der Waals surface area contributed by atoms with E-state index >= 15 is 0 Å². The van der Waals surface area contributed by atoms with E-state index in [1.54, 1.807) is 0 Å². The van der Waals surface area contributed by atoms with Gasteiger partial charge in [-0.25, -0.2) is 0 Å². The average molecular weight is 292 g/mol. The van der Waals surface area contributed by atoms with Gasteiger partial charge in [-0.1, -0.05) is 0 Å². The maximum absolute atomic E-state index is 4.28. The molecule has 5 heteroatoms. The van der Waals surface area contributed by atoms with Crippen LogP contribution in [0.3, 0.4) is 0 Å². The predicted octanol–water partition coefficient (Wildman–Crippen LogP) is 2.74. The second kappa shape index (κ2) is 6.52. The van der Waals surface area contributed by atoms with Crippen LogP contribution in [0.5, 0.6) is 0 Å². The molecule has 20 heavy (non-hydrogen) atoms. The van der Waals surface area contributed by atoms with Gasteiger partial charge in [0.1, 0.15) is 0 Å². The molecule has 2 heterocycles. The molecule has 0 saturated carbocycles. The zero-order valence-electron chi connectivity index (χ0n) is 12.9. The van der Waals surface area contributed by atoms with Crippen LogP contribution in [0.1, 0.15) is 35.0 Å². The van der Waals surface area contributed by atoms with Gasteiger partial charge < -0.3 is 10.2 Å². The molecule has 2 aromatic heterocycles. The lowest BCUT2D eigenvalue weighted by Gasteiger charge is -2.25. The molecule has 110 valence electrons. The first kappa shape index (κ1) is 15.2. The van der Waals surface area contributed by atoms with Crippen molar-refractivity contribution in [2.75, 3.05) is 20.6 Å². The van der Waals surface area contributed by atoms with Crippen molar-refractivity contribution in [1.29, 1.82) is 0 Å². The maximum atomic E-state index is 4.28. The highest BCUT2D eigenvalue weighted by Crippen LogP contribution is 2.24. The molecule has 0 aromatic carbocycles. The first-order chi connectivity index (χ1) is 9.49. The normalized spacial score (nSPS) is 14.7. The number of hydrogen-bond acceptors (Lipinski definition) is 4. The first-order valence-electron chi connectivity index (χ1n) is 6.91. The molecule has 2 aromatic rings. The molecule has 0 radical (unpaired) electrons. The maximum Gasteiger partial charge on any atom is 0.0538 e. The molecule has 0 fully saturated rings. The van der Waals surface area contributed by atoms with Crippen molar-refractivity contribution in [3.05, 3.63) is 39.8 Å². The van der Waals surface area contributed by atoms with Crippen LogP contribution in [-0.4, -0.2) is 35.3 Å². The van der Waals surface area contributed by atoms with Crippen molar-refractivity contribution in [2.45, 2.75) is 25.9 Å². The van der Waals surface area contributed by atoms with E-state index in [0.717, 1.165) is 6.54 Å². The van der Waals surface area contributed by atoms with Gasteiger partial charge in [-0.15, -0.1) is 11.3 Å². The van der Waals surface area contributed by atoms with Gasteiger partial charge in [-0.2, -0.15) is 5.10 Å². The molecule has 0 spiro atoms. The van der Waals surface area contributed by atoms with Crippen LogP contribution in [0.25, 0.3) is 0 Å². The minimum atomic E-state index is 0.339. The second-order valence-electron chi connectivity index (χ2n) is 5.52. The fraction of sp³-hybridized carbons (Fsp3) is 0.533. The summed E-state index contributed by atoms with van der Waals surface area (Å²) in [4.78, 5) is 3.66. The number of nitrogens with one attached hydrogen (secondary N) is 1. The van der Waals surface area contributed by atoms with Crippen molar-refractivity contribution >= 4 is 11.3 Å². The molecule has 1 N–H and O–H groups in total. The standard InChI is InChI=1S/C15H24N4S/c1-11-6-7-20-15(11)12(2)16-9-14(18(3)4)13-8-17-19(5)10-13/h6-8,10,12,14,16H,9H2,1-5H3/t12-,14-/m1/s1. The number of nitrogens with zero attached hydrogens (tertiary/aromatic N) is 3. The third kappa shape index (κ3) is 3.48. The molecular weight excluding hydrogens is 268 g/mol. The lowest BCUT2D eigenvalue weighted by molar-refractivity contribution is 0.282. The lowest BCUT2D eigenvalue weighted by atomic mass is 10.1. The molecule has 0 bridgehead atoms. The van der Waals surface area contributed by atoms with Crippen molar-refractivity contribution in [2.24, 2.45) is 7.05 Å². The first-order valence-corrected chi connectivity index (χ1v) is 7.79. The third-order valence-electron chi connectivity index (χ3n) is 3.65. The Labute approximate surface area is 125 Å². The zero-order valence-corrected chi connectivity index (χ0v) is 13.7. The predicted molar refractivity (Wildman–Crippen MR) is 85.1 cm³/mol. The summed E-state index contributed by atoms with van der Waals surface area (Å²) in [6.07, 6.45) is 4.04. The Kier molecular flexibility index (Phi) is 4.96. The average Bonchev–Trinajstić information content (AvgIpc) is 2.98. The Bertz CT molecular complexity index is 544. The zero-order chi connectivity index (χ0) is 14.7. The largest absolute Gasteiger partial charge is 0.308 e. The van der Waals surface area contributed by atoms with Gasteiger partial charge >= 0.3 is 0 Å². The van der Waals surface area contributed by atoms with Crippen LogP contribution in [0, 0.1) is 6.92 Å². The van der Waals surface area contributed by atoms with Crippen molar-refractivity contribution in [1.82, 2.24) is 20.0 Å². The minimum absolute atomic E-state index is 0.339. The Morgan fingerprint density at radius 2 is 2.20 bits per heavy atom. The molecule has 2 rings (SSSR count). The summed E-state index contributed by atoms with van der Waals surface area (Å²) in [5.74, 6) is 0. The Balaban J connectivity index is 2.01. The van der Waals surface area contributed by atoms with Crippen molar-refractivity contribution in [3.63, 3.8) is 0 Å². The summed E-state index contributed by atoms with van der Waals surface area (Å²) in [7, 11) is 6.18. The van der Waals surface area contributed by atoms with E-state index in [9.17, 15) is 0 Å². The highest BCUT2D eigenvalue weighted by Gasteiger charge is 2.18. The van der Waals surface area contributed by atoms with Crippen LogP contribution >= 0.6 is 11.3 Å². The Hall–Kier alpha value is -1.17. The van der Waals surface area contributed by atoms with Gasteiger partial charge in [0.05, 0.1) is 6.20 Å². The number of hydrogen-bond donors (Lipinski definition) is 1. The number of likely N-dealkylation sites (N-methyl/N-ethyl adjacent to an activating group) is 1. The third-order valence-corrected chi connectivity index (χ3v) is 4.85. The van der Waals surface area contributed by atoms with Crippen LogP contribution in [-0.2, 0) is 7.05 Å². The van der Waals surface area contributed by atoms with Gasteiger partial charge in [-0.05, 0) is 45.0 Å². The lowest BCUT2D eigenvalue weighted by Crippen LogP contribution is -2.32. The molecule has 0 aliphatic rings. The highest BCUT2D eigenvalue weighted by atomic mass is 32.1. The van der Waals surface area contributed by atoms with Crippen molar-refractivity contribution in [3.8, 4) is 0 Å². The molecule has 0 saturated heterocycles. The molecule has 0 aliphatic heterocycles. The Morgan fingerprint density at radius 3 is 2.70 bits per heavy atom. The van der Waals surface area contributed by atoms with Crippen molar-refractivity contribution < 1.29 is 0 Å². The Morgan fingerprint density at radius 1 is 1.45 bits per heavy atom. The molecule has 0 aliphatic carbocycles. The van der Waals surface area contributed by atoms with Gasteiger partial charge in [0.25, 0.3) is 0 Å². The van der Waals surface area contributed by atoms with E-state index in [1.165, 1.54) is 16.0 Å². The van der Waals surface area contributed by atoms with E-state index in [-0.39, 0.29) is 0 Å². The minimum Gasteiger partial charge on any atom is -0.308 e. The van der Waals surface area contributed by atoms with Gasteiger partial charge in [0.15, 0.2) is 0 Å². The fourth-order valence-electron chi connectivity index (χ4n) is 2.42. The van der Waals surface area contributed by atoms with E-state index in [4.69, 9.17) is 0 Å². The van der Waals surface area contributed by atoms with Crippen LogP contribution in [0.15, 0.2) is 23.8 Å². The van der Waals surface area contributed by atoms with Crippen LogP contribution in [0.2, 0.25) is 0 Å². The summed E-state index contributed by atoms with van der Waals surface area (Å²) < 4.78 is 1.86. The summed E-state index contributed by atoms with van der Waals surface area (Å²) in [6, 6.07) is 2.91. The SMILES string of the molecule is Cc1ccsc1[C@@H](C)NC[C@H](c1cnn(C)c1)N(C)C. The second-order valence-corrected chi connectivity index (χ2v) is 6.47. The molecule has 0 unspecified atom stereocenters. The van der Waals surface area contributed by atoms with Crippen LogP contribution in [0.4, 0.5) is 0 Å². The summed E-state index contributed by atoms with van der Waals surface area (Å²) in [5, 5.41) is 10.1. The van der Waals surface area contributed by atoms with E-state index in [0.29, 0.717) is 12.1 Å². The smallest absolute Gasteiger partial charge is 0.0538 e.